The lowest BCUT2D eigenvalue weighted by Gasteiger charge is -2.35. The summed E-state index contributed by atoms with van der Waals surface area (Å²) < 4.78 is 7.76. The van der Waals surface area contributed by atoms with E-state index in [0.29, 0.717) is 37.1 Å². The Labute approximate surface area is 150 Å². The Balaban J connectivity index is 1.51. The number of rotatable bonds is 3. The molecule has 2 aromatic heterocycles. The fraction of sp³-hybridized carbons (Fsp3) is 0.316. The normalized spacial score (nSPS) is 14.8. The van der Waals surface area contributed by atoms with Gasteiger partial charge in [0.25, 0.3) is 5.91 Å². The molecule has 1 amide bonds. The first-order valence-electron chi connectivity index (χ1n) is 8.75. The van der Waals surface area contributed by atoms with Crippen molar-refractivity contribution in [2.24, 2.45) is 0 Å². The van der Waals surface area contributed by atoms with Crippen LogP contribution in [0.1, 0.15) is 17.5 Å². The fourth-order valence-corrected chi connectivity index (χ4v) is 3.31. The van der Waals surface area contributed by atoms with Crippen molar-refractivity contribution in [3.63, 3.8) is 0 Å². The van der Waals surface area contributed by atoms with Crippen LogP contribution >= 0.6 is 0 Å². The summed E-state index contributed by atoms with van der Waals surface area (Å²) in [5.41, 5.74) is 0.241. The highest BCUT2D eigenvalue weighted by molar-refractivity contribution is 5.93. The average Bonchev–Trinajstić information content (AvgIpc) is 3.16. The van der Waals surface area contributed by atoms with Crippen molar-refractivity contribution in [3.05, 3.63) is 58.7 Å². The van der Waals surface area contributed by atoms with Crippen molar-refractivity contribution in [1.29, 1.82) is 0 Å². The van der Waals surface area contributed by atoms with Gasteiger partial charge in [0.1, 0.15) is 5.58 Å². The lowest BCUT2D eigenvalue weighted by Crippen LogP contribution is -2.49. The predicted octanol–water partition coefficient (Wildman–Crippen LogP) is 1.97. The van der Waals surface area contributed by atoms with Gasteiger partial charge in [0, 0.05) is 51.2 Å². The SMILES string of the molecule is CCn1ccnc1N1CCN(C(=O)c2cc(=O)c3ccccc3o2)CC1. The van der Waals surface area contributed by atoms with Crippen LogP contribution < -0.4 is 10.3 Å². The lowest BCUT2D eigenvalue weighted by atomic mass is 10.2. The standard InChI is InChI=1S/C19H20N4O3/c1-2-21-8-7-20-19(21)23-11-9-22(10-12-23)18(25)17-13-15(24)14-5-3-4-6-16(14)26-17/h3-8,13H,2,9-12H2,1H3. The maximum atomic E-state index is 12.8. The smallest absolute Gasteiger partial charge is 0.289 e. The van der Waals surface area contributed by atoms with E-state index >= 15 is 0 Å². The summed E-state index contributed by atoms with van der Waals surface area (Å²) in [6, 6.07) is 8.26. The van der Waals surface area contributed by atoms with E-state index in [1.165, 1.54) is 6.07 Å². The van der Waals surface area contributed by atoms with E-state index < -0.39 is 0 Å². The van der Waals surface area contributed by atoms with Crippen LogP contribution in [0, 0.1) is 0 Å². The first kappa shape index (κ1) is 16.4. The zero-order chi connectivity index (χ0) is 18.1. The molecule has 0 unspecified atom stereocenters. The Kier molecular flexibility index (Phi) is 4.20. The van der Waals surface area contributed by atoms with E-state index in [2.05, 4.69) is 21.4 Å². The zero-order valence-electron chi connectivity index (χ0n) is 14.6. The van der Waals surface area contributed by atoms with E-state index in [0.717, 1.165) is 12.5 Å². The van der Waals surface area contributed by atoms with E-state index in [9.17, 15) is 9.59 Å². The van der Waals surface area contributed by atoms with Crippen molar-refractivity contribution >= 4 is 22.8 Å². The van der Waals surface area contributed by atoms with Crippen LogP contribution in [-0.2, 0) is 6.54 Å². The molecule has 0 spiro atoms. The van der Waals surface area contributed by atoms with Gasteiger partial charge in [0.05, 0.1) is 5.39 Å². The number of benzene rings is 1. The second kappa shape index (κ2) is 6.67. The fourth-order valence-electron chi connectivity index (χ4n) is 3.31. The Morgan fingerprint density at radius 1 is 1.19 bits per heavy atom. The number of anilines is 1. The molecule has 1 aliphatic heterocycles. The minimum atomic E-state index is -0.244. The molecule has 0 N–H and O–H groups in total. The third-order valence-corrected chi connectivity index (χ3v) is 4.73. The monoisotopic (exact) mass is 352 g/mol. The molecule has 134 valence electrons. The molecule has 1 aromatic carbocycles. The zero-order valence-corrected chi connectivity index (χ0v) is 14.6. The highest BCUT2D eigenvalue weighted by atomic mass is 16.3. The average molecular weight is 352 g/mol. The molecule has 1 saturated heterocycles. The van der Waals surface area contributed by atoms with Crippen molar-refractivity contribution in [1.82, 2.24) is 14.5 Å². The van der Waals surface area contributed by atoms with E-state index in [1.54, 1.807) is 35.4 Å². The summed E-state index contributed by atoms with van der Waals surface area (Å²) in [7, 11) is 0. The summed E-state index contributed by atoms with van der Waals surface area (Å²) in [6.07, 6.45) is 3.75. The molecule has 26 heavy (non-hydrogen) atoms. The topological polar surface area (TPSA) is 71.6 Å². The van der Waals surface area contributed by atoms with Crippen molar-refractivity contribution in [2.75, 3.05) is 31.1 Å². The van der Waals surface area contributed by atoms with Crippen molar-refractivity contribution in [2.45, 2.75) is 13.5 Å². The van der Waals surface area contributed by atoms with E-state index in [1.807, 2.05) is 6.20 Å². The molecule has 0 radical (unpaired) electrons. The summed E-state index contributed by atoms with van der Waals surface area (Å²) in [5, 5.41) is 0.486. The number of hydrogen-bond acceptors (Lipinski definition) is 5. The lowest BCUT2D eigenvalue weighted by molar-refractivity contribution is 0.0714. The Morgan fingerprint density at radius 2 is 1.96 bits per heavy atom. The molecule has 4 rings (SSSR count). The highest BCUT2D eigenvalue weighted by Crippen LogP contribution is 2.17. The molecular weight excluding hydrogens is 332 g/mol. The number of aromatic nitrogens is 2. The molecular formula is C19H20N4O3. The maximum absolute atomic E-state index is 12.8. The number of para-hydroxylation sites is 1. The van der Waals surface area contributed by atoms with Crippen molar-refractivity contribution in [3.8, 4) is 0 Å². The Bertz CT molecular complexity index is 999. The highest BCUT2D eigenvalue weighted by Gasteiger charge is 2.26. The van der Waals surface area contributed by atoms with Crippen molar-refractivity contribution < 1.29 is 9.21 Å². The van der Waals surface area contributed by atoms with Crippen LogP contribution in [0.3, 0.4) is 0 Å². The second-order valence-corrected chi connectivity index (χ2v) is 6.26. The van der Waals surface area contributed by atoms with Gasteiger partial charge in [-0.05, 0) is 19.1 Å². The number of carbonyl (C=O) groups excluding carboxylic acids is 1. The minimum absolute atomic E-state index is 0.0946. The number of aryl methyl sites for hydroxylation is 1. The molecule has 1 fully saturated rings. The molecule has 0 bridgehead atoms. The predicted molar refractivity (Wildman–Crippen MR) is 98.5 cm³/mol. The number of amides is 1. The second-order valence-electron chi connectivity index (χ2n) is 6.26. The molecule has 3 aromatic rings. The maximum Gasteiger partial charge on any atom is 0.289 e. The van der Waals surface area contributed by atoms with Gasteiger partial charge in [0.2, 0.25) is 5.95 Å². The summed E-state index contributed by atoms with van der Waals surface area (Å²) in [6.45, 7) is 5.45. The molecule has 0 atom stereocenters. The van der Waals surface area contributed by atoms with E-state index in [-0.39, 0.29) is 17.1 Å². The number of fused-ring (bicyclic) bond motifs is 1. The minimum Gasteiger partial charge on any atom is -0.451 e. The first-order valence-corrected chi connectivity index (χ1v) is 8.75. The first-order chi connectivity index (χ1) is 12.7. The molecule has 7 nitrogen and oxygen atoms in total. The van der Waals surface area contributed by atoms with Crippen LogP contribution in [-0.4, -0.2) is 46.5 Å². The van der Waals surface area contributed by atoms with E-state index in [4.69, 9.17) is 4.42 Å². The van der Waals surface area contributed by atoms with Crippen LogP contribution in [0.2, 0.25) is 0 Å². The van der Waals surface area contributed by atoms with Gasteiger partial charge in [-0.1, -0.05) is 12.1 Å². The van der Waals surface area contributed by atoms with Gasteiger partial charge in [-0.2, -0.15) is 0 Å². The van der Waals surface area contributed by atoms with Gasteiger partial charge >= 0.3 is 0 Å². The molecule has 7 heteroatoms. The van der Waals surface area contributed by atoms with Gasteiger partial charge < -0.3 is 18.8 Å². The quantitative estimate of drug-likeness (QED) is 0.721. The van der Waals surface area contributed by atoms with Gasteiger partial charge in [-0.3, -0.25) is 9.59 Å². The number of imidazole rings is 1. The van der Waals surface area contributed by atoms with Crippen LogP contribution in [0.5, 0.6) is 0 Å². The summed E-state index contributed by atoms with van der Waals surface area (Å²) >= 11 is 0. The number of piperazine rings is 1. The number of hydrogen-bond donors (Lipinski definition) is 0. The summed E-state index contributed by atoms with van der Waals surface area (Å²) in [4.78, 5) is 33.3. The van der Waals surface area contributed by atoms with Gasteiger partial charge in [0.15, 0.2) is 11.2 Å². The molecule has 1 aliphatic rings. The molecule has 3 heterocycles. The van der Waals surface area contributed by atoms with Gasteiger partial charge in [-0.15, -0.1) is 0 Å². The Hall–Kier alpha value is -3.09. The largest absolute Gasteiger partial charge is 0.451 e. The number of carbonyl (C=O) groups is 1. The molecule has 0 aliphatic carbocycles. The van der Waals surface area contributed by atoms with Crippen LogP contribution in [0.15, 0.2) is 51.9 Å². The van der Waals surface area contributed by atoms with Gasteiger partial charge in [-0.25, -0.2) is 4.98 Å². The number of nitrogens with zero attached hydrogens (tertiary/aromatic N) is 4. The molecule has 0 saturated carbocycles. The van der Waals surface area contributed by atoms with Crippen LogP contribution in [0.4, 0.5) is 5.95 Å². The Morgan fingerprint density at radius 3 is 2.73 bits per heavy atom. The summed E-state index contributed by atoms with van der Waals surface area (Å²) in [5.74, 6) is 0.778. The third-order valence-electron chi connectivity index (χ3n) is 4.73. The van der Waals surface area contributed by atoms with Crippen LogP contribution in [0.25, 0.3) is 11.0 Å². The third kappa shape index (κ3) is 2.85.